The maximum atomic E-state index is 13.0. The third-order valence-electron chi connectivity index (χ3n) is 9.68. The standard InChI is InChI=1S/C29H51N5O3/c1-3-33-17-5-7-23(19-33)29(37)31-25-15-9-21(10-16-25)27(35)30-24-13-11-22(12-14-24)28(36)32-26-8-6-18-34(4-2)20-26/h21-26H,3-20H2,1-2H3,(H,30,35)(H,31,37)(H,32,36)/p+1. The fourth-order valence-electron chi connectivity index (χ4n) is 7.11. The van der Waals surface area contributed by atoms with Crippen LogP contribution in [0.15, 0.2) is 0 Å². The Kier molecular flexibility index (Phi) is 10.7. The van der Waals surface area contributed by atoms with Gasteiger partial charge in [-0.1, -0.05) is 6.92 Å². The van der Waals surface area contributed by atoms with E-state index in [1.165, 1.54) is 11.4 Å². The first-order valence-corrected chi connectivity index (χ1v) is 15.4. The molecule has 2 saturated carbocycles. The molecule has 210 valence electrons. The van der Waals surface area contributed by atoms with Crippen molar-refractivity contribution < 1.29 is 19.3 Å². The van der Waals surface area contributed by atoms with Crippen molar-refractivity contribution in [2.24, 2.45) is 17.8 Å². The molecule has 2 aliphatic carbocycles. The van der Waals surface area contributed by atoms with Gasteiger partial charge in [0.2, 0.25) is 17.7 Å². The number of likely N-dealkylation sites (N-methyl/N-ethyl adjacent to an activating group) is 1. The summed E-state index contributed by atoms with van der Waals surface area (Å²) in [5.41, 5.74) is 0. The van der Waals surface area contributed by atoms with Crippen molar-refractivity contribution in [3.63, 3.8) is 0 Å². The van der Waals surface area contributed by atoms with Crippen molar-refractivity contribution in [1.29, 1.82) is 0 Å². The summed E-state index contributed by atoms with van der Waals surface area (Å²) in [7, 11) is 0. The van der Waals surface area contributed by atoms with Gasteiger partial charge in [0.15, 0.2) is 0 Å². The van der Waals surface area contributed by atoms with E-state index in [4.69, 9.17) is 0 Å². The summed E-state index contributed by atoms with van der Waals surface area (Å²) in [6.07, 6.45) is 11.4. The molecule has 8 nitrogen and oxygen atoms in total. The lowest BCUT2D eigenvalue weighted by Crippen LogP contribution is -3.13. The minimum atomic E-state index is 0.0525. The third kappa shape index (κ3) is 8.16. The van der Waals surface area contributed by atoms with Crippen LogP contribution in [0, 0.1) is 17.8 Å². The van der Waals surface area contributed by atoms with Gasteiger partial charge in [-0.3, -0.25) is 14.4 Å². The molecule has 0 radical (unpaired) electrons. The van der Waals surface area contributed by atoms with Crippen molar-refractivity contribution >= 4 is 17.7 Å². The number of likely N-dealkylation sites (tertiary alicyclic amines) is 2. The minimum Gasteiger partial charge on any atom is -0.353 e. The molecule has 3 atom stereocenters. The number of nitrogens with zero attached hydrogens (tertiary/aromatic N) is 1. The lowest BCUT2D eigenvalue weighted by Gasteiger charge is -2.35. The molecule has 3 amide bonds. The zero-order valence-electron chi connectivity index (χ0n) is 23.4. The Morgan fingerprint density at radius 2 is 1.22 bits per heavy atom. The van der Waals surface area contributed by atoms with Gasteiger partial charge in [-0.2, -0.15) is 0 Å². The Morgan fingerprint density at radius 1 is 0.676 bits per heavy atom. The Bertz CT molecular complexity index is 761. The van der Waals surface area contributed by atoms with E-state index in [0.717, 1.165) is 110 Å². The van der Waals surface area contributed by atoms with Crippen molar-refractivity contribution in [2.45, 2.75) is 109 Å². The molecular formula is C29H52N5O3+. The summed E-state index contributed by atoms with van der Waals surface area (Å²) in [5.74, 6) is 0.899. The molecule has 4 N–H and O–H groups in total. The van der Waals surface area contributed by atoms with E-state index >= 15 is 0 Å². The van der Waals surface area contributed by atoms with E-state index in [-0.39, 0.29) is 53.6 Å². The molecule has 3 unspecified atom stereocenters. The molecule has 2 heterocycles. The largest absolute Gasteiger partial charge is 0.353 e. The van der Waals surface area contributed by atoms with Gasteiger partial charge in [-0.25, -0.2) is 0 Å². The molecule has 4 aliphatic rings. The summed E-state index contributed by atoms with van der Waals surface area (Å²) in [5, 5.41) is 9.90. The molecule has 8 heteroatoms. The minimum absolute atomic E-state index is 0.0525. The molecule has 4 fully saturated rings. The van der Waals surface area contributed by atoms with Crippen LogP contribution in [0.5, 0.6) is 0 Å². The maximum Gasteiger partial charge on any atom is 0.229 e. The van der Waals surface area contributed by atoms with E-state index in [0.29, 0.717) is 0 Å². The van der Waals surface area contributed by atoms with Gasteiger partial charge in [0, 0.05) is 36.5 Å². The third-order valence-corrected chi connectivity index (χ3v) is 9.68. The maximum absolute atomic E-state index is 13.0. The van der Waals surface area contributed by atoms with Gasteiger partial charge < -0.3 is 25.8 Å². The number of carbonyl (C=O) groups is 3. The Hall–Kier alpha value is -1.67. The number of piperidine rings is 2. The molecule has 4 rings (SSSR count). The van der Waals surface area contributed by atoms with Crippen LogP contribution in [0.4, 0.5) is 0 Å². The molecule has 0 aromatic rings. The van der Waals surface area contributed by atoms with Crippen molar-refractivity contribution in [1.82, 2.24) is 20.9 Å². The van der Waals surface area contributed by atoms with Crippen LogP contribution in [0.25, 0.3) is 0 Å². The molecule has 0 bridgehead atoms. The van der Waals surface area contributed by atoms with E-state index in [2.05, 4.69) is 34.7 Å². The van der Waals surface area contributed by atoms with E-state index in [9.17, 15) is 14.4 Å². The second-order valence-corrected chi connectivity index (χ2v) is 12.3. The predicted molar refractivity (Wildman–Crippen MR) is 145 cm³/mol. The normalized spacial score (nSPS) is 35.4. The van der Waals surface area contributed by atoms with Crippen molar-refractivity contribution in [3.05, 3.63) is 0 Å². The van der Waals surface area contributed by atoms with Gasteiger partial charge in [-0.05, 0) is 97.1 Å². The molecule has 0 aromatic heterocycles. The summed E-state index contributed by atoms with van der Waals surface area (Å²) in [6.45, 7) is 10.8. The van der Waals surface area contributed by atoms with Crippen molar-refractivity contribution in [3.8, 4) is 0 Å². The SMILES string of the molecule is CCN1CCCC(NC(=O)C2CCC(NC(=O)C3CCC(NC(=O)C4CCC[NH+](CC)C4)CC3)CC2)C1. The fraction of sp³-hybridized carbons (Fsp3) is 0.897. The van der Waals surface area contributed by atoms with Crippen LogP contribution in [0.2, 0.25) is 0 Å². The van der Waals surface area contributed by atoms with Crippen LogP contribution in [-0.4, -0.2) is 80.0 Å². The van der Waals surface area contributed by atoms with Crippen LogP contribution in [-0.2, 0) is 14.4 Å². The summed E-state index contributed by atoms with van der Waals surface area (Å²) < 4.78 is 0. The van der Waals surface area contributed by atoms with Gasteiger partial charge in [-0.15, -0.1) is 0 Å². The highest BCUT2D eigenvalue weighted by atomic mass is 16.2. The number of nitrogens with one attached hydrogen (secondary N) is 4. The van der Waals surface area contributed by atoms with Crippen molar-refractivity contribution in [2.75, 3.05) is 39.3 Å². The summed E-state index contributed by atoms with van der Waals surface area (Å²) >= 11 is 0. The van der Waals surface area contributed by atoms with Gasteiger partial charge in [0.1, 0.15) is 0 Å². The smallest absolute Gasteiger partial charge is 0.229 e. The molecule has 0 spiro atoms. The Morgan fingerprint density at radius 3 is 1.76 bits per heavy atom. The topological polar surface area (TPSA) is 95.0 Å². The van der Waals surface area contributed by atoms with E-state index in [1.54, 1.807) is 0 Å². The average Bonchev–Trinajstić information content (AvgIpc) is 2.94. The Labute approximate surface area is 224 Å². The number of carbonyl (C=O) groups excluding carboxylic acids is 3. The molecule has 2 aliphatic heterocycles. The number of rotatable bonds is 8. The Balaban J connectivity index is 1.11. The molecule has 0 aromatic carbocycles. The highest BCUT2D eigenvalue weighted by Gasteiger charge is 2.34. The predicted octanol–water partition coefficient (Wildman–Crippen LogP) is 1.25. The summed E-state index contributed by atoms with van der Waals surface area (Å²) in [4.78, 5) is 42.5. The highest BCUT2D eigenvalue weighted by Crippen LogP contribution is 2.28. The first-order chi connectivity index (χ1) is 17.9. The van der Waals surface area contributed by atoms with E-state index < -0.39 is 0 Å². The van der Waals surface area contributed by atoms with Crippen LogP contribution >= 0.6 is 0 Å². The van der Waals surface area contributed by atoms with Crippen LogP contribution in [0.3, 0.4) is 0 Å². The quantitative estimate of drug-likeness (QED) is 0.389. The molecule has 2 saturated heterocycles. The van der Waals surface area contributed by atoms with E-state index in [1.807, 2.05) is 0 Å². The lowest BCUT2D eigenvalue weighted by atomic mass is 9.83. The second kappa shape index (κ2) is 13.9. The first kappa shape index (κ1) is 28.3. The fourth-order valence-corrected chi connectivity index (χ4v) is 7.11. The lowest BCUT2D eigenvalue weighted by molar-refractivity contribution is -0.905. The first-order valence-electron chi connectivity index (χ1n) is 15.4. The molecule has 37 heavy (non-hydrogen) atoms. The molecular weight excluding hydrogens is 466 g/mol. The number of hydrogen-bond donors (Lipinski definition) is 4. The van der Waals surface area contributed by atoms with Crippen LogP contribution < -0.4 is 20.9 Å². The summed E-state index contributed by atoms with van der Waals surface area (Å²) in [6, 6.07) is 0.689. The zero-order chi connectivity index (χ0) is 26.2. The van der Waals surface area contributed by atoms with Gasteiger partial charge in [0.05, 0.1) is 25.6 Å². The number of hydrogen-bond acceptors (Lipinski definition) is 4. The van der Waals surface area contributed by atoms with Crippen LogP contribution in [0.1, 0.15) is 90.9 Å². The highest BCUT2D eigenvalue weighted by molar-refractivity contribution is 5.81. The van der Waals surface area contributed by atoms with Gasteiger partial charge >= 0.3 is 0 Å². The average molecular weight is 519 g/mol. The monoisotopic (exact) mass is 518 g/mol. The zero-order valence-corrected chi connectivity index (χ0v) is 23.4. The number of quaternary nitrogens is 1. The number of amides is 3. The second-order valence-electron chi connectivity index (χ2n) is 12.3. The van der Waals surface area contributed by atoms with Gasteiger partial charge in [0.25, 0.3) is 0 Å².